The van der Waals surface area contributed by atoms with Gasteiger partial charge in [-0.1, -0.05) is 6.42 Å². The molecular formula is C17H27N3O10. The van der Waals surface area contributed by atoms with E-state index in [0.29, 0.717) is 19.3 Å². The molecule has 0 bridgehead atoms. The largest absolute Gasteiger partial charge is 0.480 e. The van der Waals surface area contributed by atoms with Crippen LogP contribution in [0.1, 0.15) is 19.3 Å². The van der Waals surface area contributed by atoms with Crippen LogP contribution in [0.3, 0.4) is 0 Å². The van der Waals surface area contributed by atoms with Crippen molar-refractivity contribution in [3.63, 3.8) is 0 Å². The molecule has 1 aliphatic rings. The number of carboxylic acid groups (broad SMARTS) is 5. The molecule has 0 saturated carbocycles. The predicted molar refractivity (Wildman–Crippen MR) is 99.2 cm³/mol. The minimum Gasteiger partial charge on any atom is -0.480 e. The number of carbonyl (C=O) groups is 5. The van der Waals surface area contributed by atoms with Crippen LogP contribution in [0.2, 0.25) is 0 Å². The highest BCUT2D eigenvalue weighted by Gasteiger charge is 2.35. The van der Waals surface area contributed by atoms with E-state index in [9.17, 15) is 29.1 Å². The quantitative estimate of drug-likeness (QED) is 0.207. The Kier molecular flexibility index (Phi) is 10.1. The van der Waals surface area contributed by atoms with E-state index in [0.717, 1.165) is 0 Å². The summed E-state index contributed by atoms with van der Waals surface area (Å²) >= 11 is 0. The number of likely N-dealkylation sites (tertiary alicyclic amines) is 1. The van der Waals surface area contributed by atoms with Gasteiger partial charge in [-0.25, -0.2) is 0 Å². The number of aliphatic carboxylic acids is 5. The Morgan fingerprint density at radius 3 is 1.23 bits per heavy atom. The van der Waals surface area contributed by atoms with E-state index >= 15 is 0 Å². The Morgan fingerprint density at radius 2 is 0.967 bits per heavy atom. The van der Waals surface area contributed by atoms with Crippen molar-refractivity contribution in [2.24, 2.45) is 0 Å². The Labute approximate surface area is 172 Å². The van der Waals surface area contributed by atoms with Gasteiger partial charge in [0.15, 0.2) is 0 Å². The number of nitrogens with zero attached hydrogens (tertiary/aromatic N) is 3. The molecule has 5 N–H and O–H groups in total. The van der Waals surface area contributed by atoms with Crippen LogP contribution < -0.4 is 0 Å². The summed E-state index contributed by atoms with van der Waals surface area (Å²) in [5.41, 5.74) is 0. The van der Waals surface area contributed by atoms with Crippen LogP contribution in [0.4, 0.5) is 0 Å². The second-order valence-corrected chi connectivity index (χ2v) is 7.22. The van der Waals surface area contributed by atoms with Gasteiger partial charge in [0.25, 0.3) is 0 Å². The van der Waals surface area contributed by atoms with Crippen molar-refractivity contribution in [3.05, 3.63) is 0 Å². The van der Waals surface area contributed by atoms with Crippen molar-refractivity contribution in [3.8, 4) is 0 Å². The van der Waals surface area contributed by atoms with E-state index in [4.69, 9.17) is 20.4 Å². The topological polar surface area (TPSA) is 196 Å². The molecule has 2 atom stereocenters. The monoisotopic (exact) mass is 433 g/mol. The summed E-state index contributed by atoms with van der Waals surface area (Å²) in [5.74, 6) is -6.03. The van der Waals surface area contributed by atoms with E-state index in [1.165, 1.54) is 9.80 Å². The van der Waals surface area contributed by atoms with Gasteiger partial charge >= 0.3 is 29.8 Å². The lowest BCUT2D eigenvalue weighted by atomic mass is 9.94. The van der Waals surface area contributed by atoms with Gasteiger partial charge in [0, 0.05) is 25.2 Å². The molecule has 2 unspecified atom stereocenters. The highest BCUT2D eigenvalue weighted by Crippen LogP contribution is 2.24. The zero-order valence-corrected chi connectivity index (χ0v) is 16.3. The summed E-state index contributed by atoms with van der Waals surface area (Å²) in [6, 6.07) is -0.954. The maximum atomic E-state index is 11.4. The smallest absolute Gasteiger partial charge is 0.317 e. The summed E-state index contributed by atoms with van der Waals surface area (Å²) in [6.07, 6.45) is 1.61. The number of carboxylic acids is 5. The first-order valence-corrected chi connectivity index (χ1v) is 9.27. The van der Waals surface area contributed by atoms with E-state index in [1.54, 1.807) is 4.90 Å². The van der Waals surface area contributed by atoms with Crippen LogP contribution >= 0.6 is 0 Å². The second kappa shape index (κ2) is 12.0. The molecular weight excluding hydrogens is 406 g/mol. The van der Waals surface area contributed by atoms with Crippen molar-refractivity contribution < 1.29 is 49.5 Å². The summed E-state index contributed by atoms with van der Waals surface area (Å²) < 4.78 is 0. The van der Waals surface area contributed by atoms with E-state index in [1.807, 2.05) is 0 Å². The molecule has 13 nitrogen and oxygen atoms in total. The molecule has 0 spiro atoms. The van der Waals surface area contributed by atoms with Crippen molar-refractivity contribution in [2.75, 3.05) is 45.8 Å². The lowest BCUT2D eigenvalue weighted by Crippen LogP contribution is -2.57. The molecule has 0 radical (unpaired) electrons. The van der Waals surface area contributed by atoms with Gasteiger partial charge in [-0.15, -0.1) is 0 Å². The minimum absolute atomic E-state index is 0.000239. The lowest BCUT2D eigenvalue weighted by molar-refractivity contribution is -0.145. The van der Waals surface area contributed by atoms with Crippen molar-refractivity contribution in [1.82, 2.24) is 14.7 Å². The Hall–Kier alpha value is -2.77. The van der Waals surface area contributed by atoms with Gasteiger partial charge < -0.3 is 25.5 Å². The van der Waals surface area contributed by atoms with Crippen LogP contribution in [0.25, 0.3) is 0 Å². The molecule has 0 amide bonds. The molecule has 13 heteroatoms. The third-order valence-electron chi connectivity index (χ3n) is 4.70. The van der Waals surface area contributed by atoms with E-state index in [-0.39, 0.29) is 13.1 Å². The number of hydrogen-bond donors (Lipinski definition) is 5. The first-order valence-electron chi connectivity index (χ1n) is 9.27. The first-order chi connectivity index (χ1) is 14.0. The molecule has 1 saturated heterocycles. The molecule has 1 aliphatic heterocycles. The predicted octanol–water partition coefficient (Wildman–Crippen LogP) is -1.76. The van der Waals surface area contributed by atoms with Gasteiger partial charge in [0.1, 0.15) is 0 Å². The van der Waals surface area contributed by atoms with Gasteiger partial charge in [0.05, 0.1) is 32.7 Å². The summed E-state index contributed by atoms with van der Waals surface area (Å²) in [4.78, 5) is 59.5. The standard InChI is InChI=1S/C17H27N3O10/c21-13(22)6-18(7-14(23)24)4-11-2-1-3-12(20(11)10-17(29)30)5-19(8-15(25)26)9-16(27)28/h11-12H,1-10H2,(H,21,22)(H,23,24)(H,25,26)(H,27,28)(H,29,30). The summed E-state index contributed by atoms with van der Waals surface area (Å²) in [6.45, 7) is -2.54. The zero-order valence-electron chi connectivity index (χ0n) is 16.3. The van der Waals surface area contributed by atoms with E-state index < -0.39 is 74.7 Å². The third-order valence-corrected chi connectivity index (χ3v) is 4.70. The fourth-order valence-corrected chi connectivity index (χ4v) is 3.76. The Bertz CT molecular complexity index is 578. The van der Waals surface area contributed by atoms with Crippen molar-refractivity contribution in [1.29, 1.82) is 0 Å². The molecule has 0 aromatic heterocycles. The highest BCUT2D eigenvalue weighted by molar-refractivity contribution is 5.73. The fourth-order valence-electron chi connectivity index (χ4n) is 3.76. The van der Waals surface area contributed by atoms with Gasteiger partial charge in [0.2, 0.25) is 0 Å². The van der Waals surface area contributed by atoms with Crippen LogP contribution in [-0.2, 0) is 24.0 Å². The van der Waals surface area contributed by atoms with E-state index in [2.05, 4.69) is 0 Å². The first kappa shape index (κ1) is 25.3. The zero-order chi connectivity index (χ0) is 22.8. The number of rotatable bonds is 14. The van der Waals surface area contributed by atoms with Crippen LogP contribution in [0.15, 0.2) is 0 Å². The van der Waals surface area contributed by atoms with Crippen LogP contribution in [0, 0.1) is 0 Å². The second-order valence-electron chi connectivity index (χ2n) is 7.22. The highest BCUT2D eigenvalue weighted by atomic mass is 16.4. The normalized spacial score (nSPS) is 19.7. The SMILES string of the molecule is O=C(O)CN(CC(=O)O)CC1CCCC(CN(CC(=O)O)CC(=O)O)N1CC(=O)O. The van der Waals surface area contributed by atoms with Gasteiger partial charge in [-0.2, -0.15) is 0 Å². The molecule has 1 rings (SSSR count). The maximum absolute atomic E-state index is 11.4. The van der Waals surface area contributed by atoms with Crippen molar-refractivity contribution in [2.45, 2.75) is 31.3 Å². The average molecular weight is 433 g/mol. The molecule has 0 aromatic rings. The maximum Gasteiger partial charge on any atom is 0.317 e. The number of piperidine rings is 1. The minimum atomic E-state index is -1.22. The third kappa shape index (κ3) is 9.62. The summed E-state index contributed by atoms with van der Waals surface area (Å²) in [5, 5.41) is 45.4. The molecule has 170 valence electrons. The summed E-state index contributed by atoms with van der Waals surface area (Å²) in [7, 11) is 0. The molecule has 0 aromatic carbocycles. The molecule has 30 heavy (non-hydrogen) atoms. The molecule has 1 fully saturated rings. The van der Waals surface area contributed by atoms with Gasteiger partial charge in [-0.3, -0.25) is 38.7 Å². The average Bonchev–Trinajstić information content (AvgIpc) is 2.54. The fraction of sp³-hybridized carbons (Fsp3) is 0.706. The van der Waals surface area contributed by atoms with Crippen LogP contribution in [-0.4, -0.2) is 128 Å². The molecule has 0 aliphatic carbocycles. The van der Waals surface area contributed by atoms with Gasteiger partial charge in [-0.05, 0) is 12.8 Å². The Morgan fingerprint density at radius 1 is 0.633 bits per heavy atom. The lowest BCUT2D eigenvalue weighted by Gasteiger charge is -2.44. The van der Waals surface area contributed by atoms with Crippen LogP contribution in [0.5, 0.6) is 0 Å². The Balaban J connectivity index is 3.01. The number of hydrogen-bond acceptors (Lipinski definition) is 8. The van der Waals surface area contributed by atoms with Crippen molar-refractivity contribution >= 4 is 29.8 Å². The molecule has 1 heterocycles.